The van der Waals surface area contributed by atoms with E-state index in [1.54, 1.807) is 6.07 Å². The zero-order chi connectivity index (χ0) is 20.7. The van der Waals surface area contributed by atoms with Gasteiger partial charge in [0.25, 0.3) is 0 Å². The molecule has 0 bridgehead atoms. The second kappa shape index (κ2) is 9.45. The van der Waals surface area contributed by atoms with Crippen LogP contribution < -0.4 is 15.4 Å². The average molecular weight is 405 g/mol. The molecular weight excluding hydrogens is 383 g/mol. The van der Waals surface area contributed by atoms with Crippen LogP contribution in [0.3, 0.4) is 0 Å². The van der Waals surface area contributed by atoms with Crippen LogP contribution in [0.5, 0.6) is 5.75 Å². The Morgan fingerprint density at radius 3 is 2.62 bits per heavy atom. The zero-order valence-corrected chi connectivity index (χ0v) is 15.8. The molecule has 1 fully saturated rings. The number of benzene rings is 1. The van der Waals surface area contributed by atoms with Crippen molar-refractivity contribution >= 4 is 11.8 Å². The quantitative estimate of drug-likeness (QED) is 0.685. The number of alkyl halides is 3. The van der Waals surface area contributed by atoms with Crippen LogP contribution in [0.4, 0.5) is 24.9 Å². The number of aromatic nitrogens is 2. The van der Waals surface area contributed by atoms with E-state index in [1.165, 1.54) is 43.7 Å². The van der Waals surface area contributed by atoms with E-state index in [0.717, 1.165) is 19.4 Å². The lowest BCUT2D eigenvalue weighted by atomic mass is 9.89. The fourth-order valence-corrected chi connectivity index (χ4v) is 3.36. The first-order valence-electron chi connectivity index (χ1n) is 9.53. The smallest absolute Gasteiger partial charge is 0.405 e. The Bertz CT molecular complexity index is 860. The standard InChI is InChI=1S/C20H22F3N5O/c21-20(22,23)29-17-9-5-4-8-15(17)12-26-19-27-13-16(10-24)18(28-19)25-11-14-6-2-1-3-7-14/h4-5,8-9,13-14H,1-3,6-7,11-12H2,(H2,25,26,27,28). The molecule has 0 saturated heterocycles. The van der Waals surface area contributed by atoms with Gasteiger partial charge in [0, 0.05) is 18.7 Å². The van der Waals surface area contributed by atoms with E-state index in [-0.39, 0.29) is 18.2 Å². The van der Waals surface area contributed by atoms with E-state index in [0.29, 0.717) is 22.9 Å². The molecule has 6 nitrogen and oxygen atoms in total. The maximum absolute atomic E-state index is 12.6. The minimum atomic E-state index is -4.77. The number of hydrogen-bond donors (Lipinski definition) is 2. The first-order valence-corrected chi connectivity index (χ1v) is 9.53. The van der Waals surface area contributed by atoms with Crippen molar-refractivity contribution in [2.75, 3.05) is 17.2 Å². The molecule has 1 aromatic heterocycles. The van der Waals surface area contributed by atoms with Gasteiger partial charge in [-0.1, -0.05) is 37.5 Å². The van der Waals surface area contributed by atoms with E-state index in [2.05, 4.69) is 31.4 Å². The van der Waals surface area contributed by atoms with Gasteiger partial charge < -0.3 is 15.4 Å². The Kier molecular flexibility index (Phi) is 6.75. The SMILES string of the molecule is N#Cc1cnc(NCc2ccccc2OC(F)(F)F)nc1NCC1CCCCC1. The largest absolute Gasteiger partial charge is 0.573 e. The second-order valence-electron chi connectivity index (χ2n) is 6.96. The summed E-state index contributed by atoms with van der Waals surface area (Å²) in [5.41, 5.74) is 0.640. The normalized spacial score (nSPS) is 14.8. The van der Waals surface area contributed by atoms with Crippen LogP contribution in [0.25, 0.3) is 0 Å². The van der Waals surface area contributed by atoms with Crippen LogP contribution in [0.15, 0.2) is 30.5 Å². The van der Waals surface area contributed by atoms with Crippen molar-refractivity contribution in [3.05, 3.63) is 41.6 Å². The van der Waals surface area contributed by atoms with Gasteiger partial charge in [0.15, 0.2) is 0 Å². The topological polar surface area (TPSA) is 82.9 Å². The monoisotopic (exact) mass is 405 g/mol. The minimum absolute atomic E-state index is 0.0419. The van der Waals surface area contributed by atoms with Gasteiger partial charge in [-0.25, -0.2) is 4.98 Å². The van der Waals surface area contributed by atoms with Crippen LogP contribution >= 0.6 is 0 Å². The summed E-state index contributed by atoms with van der Waals surface area (Å²) in [4.78, 5) is 8.40. The maximum Gasteiger partial charge on any atom is 0.573 e. The van der Waals surface area contributed by atoms with Crippen molar-refractivity contribution in [1.82, 2.24) is 9.97 Å². The molecule has 3 rings (SSSR count). The summed E-state index contributed by atoms with van der Waals surface area (Å²) in [6.07, 6.45) is 2.64. The Hall–Kier alpha value is -3.02. The highest BCUT2D eigenvalue weighted by molar-refractivity contribution is 5.53. The van der Waals surface area contributed by atoms with E-state index in [4.69, 9.17) is 0 Å². The lowest BCUT2D eigenvalue weighted by molar-refractivity contribution is -0.274. The molecule has 154 valence electrons. The van der Waals surface area contributed by atoms with Crippen molar-refractivity contribution in [3.63, 3.8) is 0 Å². The van der Waals surface area contributed by atoms with Gasteiger partial charge in [-0.05, 0) is 24.8 Å². The van der Waals surface area contributed by atoms with Crippen LogP contribution in [0.2, 0.25) is 0 Å². The third-order valence-electron chi connectivity index (χ3n) is 4.83. The number of nitrogens with zero attached hydrogens (tertiary/aromatic N) is 3. The summed E-state index contributed by atoms with van der Waals surface area (Å²) >= 11 is 0. The van der Waals surface area contributed by atoms with Crippen LogP contribution in [0, 0.1) is 17.2 Å². The summed E-state index contributed by atoms with van der Waals surface area (Å²) in [5, 5.41) is 15.4. The number of nitriles is 1. The molecule has 29 heavy (non-hydrogen) atoms. The fraction of sp³-hybridized carbons (Fsp3) is 0.450. The molecule has 0 aliphatic heterocycles. The Morgan fingerprint density at radius 1 is 1.14 bits per heavy atom. The number of halogens is 3. The van der Waals surface area contributed by atoms with E-state index < -0.39 is 6.36 Å². The first kappa shape index (κ1) is 20.7. The third-order valence-corrected chi connectivity index (χ3v) is 4.83. The molecule has 0 spiro atoms. The molecule has 0 unspecified atom stereocenters. The van der Waals surface area contributed by atoms with E-state index >= 15 is 0 Å². The molecule has 0 atom stereocenters. The Balaban J connectivity index is 1.66. The van der Waals surface area contributed by atoms with Gasteiger partial charge >= 0.3 is 6.36 Å². The summed E-state index contributed by atoms with van der Waals surface area (Å²) < 4.78 is 41.7. The highest BCUT2D eigenvalue weighted by Gasteiger charge is 2.31. The van der Waals surface area contributed by atoms with E-state index in [9.17, 15) is 18.4 Å². The highest BCUT2D eigenvalue weighted by Crippen LogP contribution is 2.27. The molecule has 0 radical (unpaired) electrons. The number of rotatable bonds is 7. The van der Waals surface area contributed by atoms with Crippen LogP contribution in [0.1, 0.15) is 43.2 Å². The van der Waals surface area contributed by atoms with Crippen LogP contribution in [-0.4, -0.2) is 22.9 Å². The lowest BCUT2D eigenvalue weighted by Gasteiger charge is -2.22. The van der Waals surface area contributed by atoms with Crippen LogP contribution in [-0.2, 0) is 6.54 Å². The number of ether oxygens (including phenoxy) is 1. The Labute approximate surface area is 167 Å². The minimum Gasteiger partial charge on any atom is -0.405 e. The number of para-hydroxylation sites is 1. The molecule has 1 saturated carbocycles. The first-order chi connectivity index (χ1) is 13.9. The molecule has 1 aliphatic rings. The van der Waals surface area contributed by atoms with Gasteiger partial charge in [-0.3, -0.25) is 0 Å². The summed E-state index contributed by atoms with van der Waals surface area (Å²) in [5.74, 6) is 0.914. The molecule has 1 aromatic carbocycles. The molecule has 9 heteroatoms. The van der Waals surface area contributed by atoms with Gasteiger partial charge in [-0.2, -0.15) is 10.2 Å². The zero-order valence-electron chi connectivity index (χ0n) is 15.8. The number of nitrogens with one attached hydrogen (secondary N) is 2. The molecule has 1 heterocycles. The number of hydrogen-bond acceptors (Lipinski definition) is 6. The lowest BCUT2D eigenvalue weighted by Crippen LogP contribution is -2.19. The predicted molar refractivity (Wildman–Crippen MR) is 102 cm³/mol. The van der Waals surface area contributed by atoms with Crippen molar-refractivity contribution in [2.45, 2.75) is 45.0 Å². The molecule has 2 N–H and O–H groups in total. The van der Waals surface area contributed by atoms with Crippen molar-refractivity contribution < 1.29 is 17.9 Å². The molecule has 1 aliphatic carbocycles. The second-order valence-corrected chi connectivity index (χ2v) is 6.96. The maximum atomic E-state index is 12.6. The highest BCUT2D eigenvalue weighted by atomic mass is 19.4. The van der Waals surface area contributed by atoms with Gasteiger partial charge in [-0.15, -0.1) is 13.2 Å². The molecule has 0 amide bonds. The van der Waals surface area contributed by atoms with Gasteiger partial charge in [0.2, 0.25) is 5.95 Å². The van der Waals surface area contributed by atoms with Crippen molar-refractivity contribution in [3.8, 4) is 11.8 Å². The van der Waals surface area contributed by atoms with Gasteiger partial charge in [0.1, 0.15) is 23.2 Å². The average Bonchev–Trinajstić information content (AvgIpc) is 2.71. The fourth-order valence-electron chi connectivity index (χ4n) is 3.36. The summed E-state index contributed by atoms with van der Waals surface area (Å²) in [6, 6.07) is 7.93. The molecular formula is C20H22F3N5O. The summed E-state index contributed by atoms with van der Waals surface area (Å²) in [6.45, 7) is 0.771. The third kappa shape index (κ3) is 6.24. The molecule has 2 aromatic rings. The van der Waals surface area contributed by atoms with Crippen molar-refractivity contribution in [1.29, 1.82) is 5.26 Å². The summed E-state index contributed by atoms with van der Waals surface area (Å²) in [7, 11) is 0. The van der Waals surface area contributed by atoms with Crippen molar-refractivity contribution in [2.24, 2.45) is 5.92 Å². The Morgan fingerprint density at radius 2 is 1.90 bits per heavy atom. The number of anilines is 2. The predicted octanol–water partition coefficient (Wildman–Crippen LogP) is 4.85. The van der Waals surface area contributed by atoms with Gasteiger partial charge in [0.05, 0.1) is 6.20 Å². The van der Waals surface area contributed by atoms with E-state index in [1.807, 2.05) is 0 Å².